The molecule has 11 nitrogen and oxygen atoms in total. The van der Waals surface area contributed by atoms with Gasteiger partial charge in [-0.3, -0.25) is 9.59 Å². The molecule has 0 saturated carbocycles. The van der Waals surface area contributed by atoms with Crippen LogP contribution in [-0.4, -0.2) is 50.6 Å². The van der Waals surface area contributed by atoms with Gasteiger partial charge in [0.2, 0.25) is 5.91 Å². The Kier molecular flexibility index (Phi) is 7.26. The molecule has 4 heterocycles. The van der Waals surface area contributed by atoms with E-state index in [1.165, 1.54) is 20.7 Å². The second kappa shape index (κ2) is 11.3. The molecule has 4 aromatic heterocycles. The lowest BCUT2D eigenvalue weighted by Crippen LogP contribution is -2.27. The van der Waals surface area contributed by atoms with Crippen molar-refractivity contribution in [2.45, 2.75) is 11.3 Å². The van der Waals surface area contributed by atoms with Gasteiger partial charge in [-0.1, -0.05) is 24.8 Å². The Morgan fingerprint density at radius 1 is 0.907 bits per heavy atom. The maximum atomic E-state index is 14.0. The van der Waals surface area contributed by atoms with Crippen molar-refractivity contribution in [1.82, 2.24) is 29.1 Å². The number of anilines is 1. The van der Waals surface area contributed by atoms with Crippen molar-refractivity contribution in [1.29, 1.82) is 0 Å². The van der Waals surface area contributed by atoms with E-state index >= 15 is 0 Å². The molecule has 0 fully saturated rings. The van der Waals surface area contributed by atoms with E-state index in [2.05, 4.69) is 32.4 Å². The summed E-state index contributed by atoms with van der Waals surface area (Å²) in [6, 6.07) is 21.9. The molecule has 0 radical (unpaired) electrons. The fourth-order valence-corrected chi connectivity index (χ4v) is 6.38. The highest BCUT2D eigenvalue weighted by molar-refractivity contribution is 7.90. The average molecular weight is 592 g/mol. The number of hydrogen-bond acceptors (Lipinski definition) is 7. The number of amides is 2. The summed E-state index contributed by atoms with van der Waals surface area (Å²) in [7, 11) is -4.03. The van der Waals surface area contributed by atoms with E-state index in [1.54, 1.807) is 67.1 Å². The first-order valence-electron chi connectivity index (χ1n) is 13.3. The largest absolute Gasteiger partial charge is 0.352 e. The summed E-state index contributed by atoms with van der Waals surface area (Å²) in [5, 5.41) is 14.7. The van der Waals surface area contributed by atoms with E-state index in [-0.39, 0.29) is 35.3 Å². The average Bonchev–Trinajstić information content (AvgIpc) is 3.63. The van der Waals surface area contributed by atoms with Gasteiger partial charge in [-0.2, -0.15) is 14.8 Å². The first-order valence-corrected chi connectivity index (χ1v) is 14.7. The van der Waals surface area contributed by atoms with Gasteiger partial charge in [-0.25, -0.2) is 17.4 Å². The number of benzene rings is 2. The molecule has 2 aromatic carbocycles. The molecule has 2 amide bonds. The van der Waals surface area contributed by atoms with Crippen LogP contribution in [-0.2, 0) is 21.2 Å². The molecule has 0 saturated heterocycles. The van der Waals surface area contributed by atoms with Crippen molar-refractivity contribution in [3.8, 4) is 11.1 Å². The topological polar surface area (TPSA) is 140 Å². The summed E-state index contributed by atoms with van der Waals surface area (Å²) in [6.45, 7) is 3.57. The van der Waals surface area contributed by atoms with Gasteiger partial charge in [-0.15, -0.1) is 0 Å². The molecule has 12 heteroatoms. The Hall–Kier alpha value is -5.62. The van der Waals surface area contributed by atoms with Gasteiger partial charge >= 0.3 is 0 Å². The first kappa shape index (κ1) is 27.5. The van der Waals surface area contributed by atoms with Crippen LogP contribution >= 0.6 is 0 Å². The molecular formula is C31H25N7O4S. The number of fused-ring (bicyclic) bond motifs is 2. The zero-order valence-electron chi connectivity index (χ0n) is 22.7. The standard InChI is InChI=1S/C31H25N7O4S/c1-2-29(39)36-22-12-10-21(11-13-22)31(40)33-17-14-23-19-26-25(27-20-35-38-28(27)9-6-16-34-38)15-18-32-30(26)37(23)43(41,42)24-7-4-3-5-8-24/h2-13,15-16,18-20H,1,14,17H2,(H,33,40)(H,36,39). The zero-order valence-corrected chi connectivity index (χ0v) is 23.5. The van der Waals surface area contributed by atoms with Gasteiger partial charge in [-0.05, 0) is 72.3 Å². The van der Waals surface area contributed by atoms with Crippen LogP contribution in [0.2, 0.25) is 0 Å². The molecule has 0 aliphatic carbocycles. The minimum Gasteiger partial charge on any atom is -0.352 e. The SMILES string of the molecule is C=CC(=O)Nc1ccc(C(=O)NCCc2cc3c(-c4cnn5ncccc45)ccnc3n2S(=O)(=O)c2ccccc2)cc1. The quantitative estimate of drug-likeness (QED) is 0.242. The Bertz CT molecular complexity index is 2100. The summed E-state index contributed by atoms with van der Waals surface area (Å²) in [5.41, 5.74) is 3.94. The number of aromatic nitrogens is 5. The number of nitrogens with one attached hydrogen (secondary N) is 2. The molecule has 0 atom stereocenters. The maximum absolute atomic E-state index is 14.0. The van der Waals surface area contributed by atoms with E-state index in [9.17, 15) is 18.0 Å². The fourth-order valence-electron chi connectivity index (χ4n) is 4.85. The minimum atomic E-state index is -4.03. The second-order valence-corrected chi connectivity index (χ2v) is 11.3. The van der Waals surface area contributed by atoms with Crippen molar-refractivity contribution in [3.05, 3.63) is 121 Å². The van der Waals surface area contributed by atoms with Crippen molar-refractivity contribution >= 4 is 44.1 Å². The van der Waals surface area contributed by atoms with Crippen molar-refractivity contribution in [2.75, 3.05) is 11.9 Å². The van der Waals surface area contributed by atoms with E-state index in [4.69, 9.17) is 0 Å². The van der Waals surface area contributed by atoms with Crippen LogP contribution in [0.1, 0.15) is 16.1 Å². The van der Waals surface area contributed by atoms with Crippen molar-refractivity contribution < 1.29 is 18.0 Å². The van der Waals surface area contributed by atoms with Gasteiger partial charge < -0.3 is 10.6 Å². The smallest absolute Gasteiger partial charge is 0.269 e. The maximum Gasteiger partial charge on any atom is 0.269 e. The minimum absolute atomic E-state index is 0.119. The third kappa shape index (κ3) is 5.26. The Labute approximate surface area is 246 Å². The van der Waals surface area contributed by atoms with Crippen molar-refractivity contribution in [2.24, 2.45) is 0 Å². The van der Waals surface area contributed by atoms with E-state index < -0.39 is 10.0 Å². The molecule has 0 aliphatic heterocycles. The van der Waals surface area contributed by atoms with E-state index in [0.717, 1.165) is 22.7 Å². The molecule has 0 aliphatic rings. The van der Waals surface area contributed by atoms with E-state index in [1.807, 2.05) is 18.2 Å². The third-order valence-corrected chi connectivity index (χ3v) is 8.63. The summed E-state index contributed by atoms with van der Waals surface area (Å²) >= 11 is 0. The number of carbonyl (C=O) groups is 2. The predicted molar refractivity (Wildman–Crippen MR) is 162 cm³/mol. The highest BCUT2D eigenvalue weighted by Crippen LogP contribution is 2.34. The van der Waals surface area contributed by atoms with Crippen LogP contribution in [0.4, 0.5) is 5.69 Å². The lowest BCUT2D eigenvalue weighted by Gasteiger charge is -2.12. The number of pyridine rings is 1. The van der Waals surface area contributed by atoms with Crippen LogP contribution in [0.15, 0.2) is 115 Å². The summed E-state index contributed by atoms with van der Waals surface area (Å²) in [5.74, 6) is -0.693. The highest BCUT2D eigenvalue weighted by Gasteiger charge is 2.25. The van der Waals surface area contributed by atoms with Crippen LogP contribution in [0.3, 0.4) is 0 Å². The van der Waals surface area contributed by atoms with Gasteiger partial charge in [0.1, 0.15) is 0 Å². The molecule has 6 aromatic rings. The lowest BCUT2D eigenvalue weighted by atomic mass is 10.1. The number of rotatable bonds is 9. The third-order valence-electron chi connectivity index (χ3n) is 6.88. The van der Waals surface area contributed by atoms with Crippen LogP contribution in [0, 0.1) is 0 Å². The number of carbonyl (C=O) groups excluding carboxylic acids is 2. The summed E-state index contributed by atoms with van der Waals surface area (Å²) < 4.78 is 30.7. The predicted octanol–water partition coefficient (Wildman–Crippen LogP) is 4.08. The van der Waals surface area contributed by atoms with Crippen molar-refractivity contribution in [3.63, 3.8) is 0 Å². The van der Waals surface area contributed by atoms with Crippen LogP contribution < -0.4 is 10.6 Å². The fraction of sp³-hybridized carbons (Fsp3) is 0.0645. The monoisotopic (exact) mass is 591 g/mol. The summed E-state index contributed by atoms with van der Waals surface area (Å²) in [4.78, 5) is 29.0. The normalized spacial score (nSPS) is 11.4. The Balaban J connectivity index is 1.35. The van der Waals surface area contributed by atoms with Gasteiger partial charge in [0.15, 0.2) is 5.65 Å². The zero-order chi connectivity index (χ0) is 30.0. The summed E-state index contributed by atoms with van der Waals surface area (Å²) in [6.07, 6.45) is 6.26. The van der Waals surface area contributed by atoms with Gasteiger partial charge in [0, 0.05) is 53.3 Å². The Morgan fingerprint density at radius 2 is 1.70 bits per heavy atom. The molecule has 43 heavy (non-hydrogen) atoms. The molecule has 214 valence electrons. The second-order valence-electron chi connectivity index (χ2n) is 9.55. The Morgan fingerprint density at radius 3 is 2.47 bits per heavy atom. The molecule has 0 bridgehead atoms. The lowest BCUT2D eigenvalue weighted by molar-refractivity contribution is -0.111. The highest BCUT2D eigenvalue weighted by atomic mass is 32.2. The molecular weight excluding hydrogens is 566 g/mol. The molecule has 0 spiro atoms. The molecule has 0 unspecified atom stereocenters. The van der Waals surface area contributed by atoms with Crippen LogP contribution in [0.5, 0.6) is 0 Å². The number of hydrogen-bond donors (Lipinski definition) is 2. The molecule has 6 rings (SSSR count). The van der Waals surface area contributed by atoms with Gasteiger partial charge in [0.25, 0.3) is 15.9 Å². The van der Waals surface area contributed by atoms with Crippen LogP contribution in [0.25, 0.3) is 27.7 Å². The first-order chi connectivity index (χ1) is 20.9. The van der Waals surface area contributed by atoms with E-state index in [0.29, 0.717) is 22.3 Å². The molecule has 2 N–H and O–H groups in total. The number of nitrogens with zero attached hydrogens (tertiary/aromatic N) is 5. The van der Waals surface area contributed by atoms with Gasteiger partial charge in [0.05, 0.1) is 16.6 Å².